The van der Waals surface area contributed by atoms with Gasteiger partial charge in [-0.1, -0.05) is 0 Å². The number of hydrogen-bond donors (Lipinski definition) is 0. The maximum Gasteiger partial charge on any atom is 0.163 e. The number of hydrogen-bond acceptors (Lipinski definition) is 4. The summed E-state index contributed by atoms with van der Waals surface area (Å²) in [5, 5.41) is 9.24. The number of ether oxygens (including phenoxy) is 2. The zero-order valence-electron chi connectivity index (χ0n) is 11.3. The summed E-state index contributed by atoms with van der Waals surface area (Å²) < 4.78 is 11.2. The molecule has 0 aromatic heterocycles. The summed E-state index contributed by atoms with van der Waals surface area (Å²) in [5.41, 5.74) is 0.963. The number of nitrogens with zero attached hydrogens (tertiary/aromatic N) is 2. The van der Waals surface area contributed by atoms with Gasteiger partial charge in [0.1, 0.15) is 13.2 Å². The van der Waals surface area contributed by atoms with Gasteiger partial charge in [-0.05, 0) is 32.4 Å². The molecule has 19 heavy (non-hydrogen) atoms. The predicted molar refractivity (Wildman–Crippen MR) is 72.6 cm³/mol. The van der Waals surface area contributed by atoms with E-state index >= 15 is 0 Å². The minimum Gasteiger partial charge on any atom is -0.486 e. The molecular formula is C15H18N2O2. The lowest BCUT2D eigenvalue weighted by Gasteiger charge is -2.36. The van der Waals surface area contributed by atoms with E-state index in [2.05, 4.69) is 30.9 Å². The summed E-state index contributed by atoms with van der Waals surface area (Å²) in [5.74, 6) is 1.68. The fourth-order valence-corrected chi connectivity index (χ4v) is 2.97. The molecule has 4 heteroatoms. The van der Waals surface area contributed by atoms with Gasteiger partial charge in [0.05, 0.1) is 17.5 Å². The maximum absolute atomic E-state index is 9.24. The second-order valence-electron chi connectivity index (χ2n) is 5.60. The molecular weight excluding hydrogens is 240 g/mol. The van der Waals surface area contributed by atoms with Crippen LogP contribution in [0.25, 0.3) is 0 Å². The Morgan fingerprint density at radius 1 is 1.26 bits per heavy atom. The van der Waals surface area contributed by atoms with Crippen molar-refractivity contribution in [3.8, 4) is 17.6 Å². The van der Waals surface area contributed by atoms with Crippen molar-refractivity contribution in [3.05, 3.63) is 18.2 Å². The lowest BCUT2D eigenvalue weighted by molar-refractivity contribution is 0.171. The summed E-state index contributed by atoms with van der Waals surface area (Å²) in [4.78, 5) is 2.29. The summed E-state index contributed by atoms with van der Waals surface area (Å²) in [6.45, 7) is 6.37. The van der Waals surface area contributed by atoms with Crippen LogP contribution in [0.15, 0.2) is 18.2 Å². The number of nitriles is 1. The largest absolute Gasteiger partial charge is 0.486 e. The van der Waals surface area contributed by atoms with Crippen LogP contribution in [-0.4, -0.2) is 25.3 Å². The molecule has 1 fully saturated rings. The zero-order chi connectivity index (χ0) is 13.5. The lowest BCUT2D eigenvalue weighted by atomic mass is 9.89. The highest BCUT2D eigenvalue weighted by molar-refractivity contribution is 5.59. The van der Waals surface area contributed by atoms with Crippen molar-refractivity contribution in [2.24, 2.45) is 5.92 Å². The SMILES string of the molecule is CC1(C)C(C#N)CCN1c1ccc2c(c1)OCCO2. The van der Waals surface area contributed by atoms with E-state index in [9.17, 15) is 5.26 Å². The fourth-order valence-electron chi connectivity index (χ4n) is 2.97. The van der Waals surface area contributed by atoms with E-state index in [1.165, 1.54) is 0 Å². The third-order valence-corrected chi connectivity index (χ3v) is 4.18. The first-order valence-corrected chi connectivity index (χ1v) is 6.70. The first kappa shape index (κ1) is 12.2. The first-order valence-electron chi connectivity index (χ1n) is 6.70. The predicted octanol–water partition coefficient (Wildman–Crippen LogP) is 2.59. The molecule has 1 aromatic rings. The Bertz CT molecular complexity index is 533. The molecule has 0 aliphatic carbocycles. The van der Waals surface area contributed by atoms with Crippen molar-refractivity contribution < 1.29 is 9.47 Å². The Balaban J connectivity index is 1.93. The van der Waals surface area contributed by atoms with Crippen LogP contribution in [0, 0.1) is 17.2 Å². The van der Waals surface area contributed by atoms with Gasteiger partial charge in [0.25, 0.3) is 0 Å². The number of anilines is 1. The van der Waals surface area contributed by atoms with Gasteiger partial charge in [0.2, 0.25) is 0 Å². The highest BCUT2D eigenvalue weighted by Gasteiger charge is 2.41. The van der Waals surface area contributed by atoms with Crippen LogP contribution < -0.4 is 14.4 Å². The van der Waals surface area contributed by atoms with Gasteiger partial charge < -0.3 is 14.4 Å². The smallest absolute Gasteiger partial charge is 0.163 e. The molecule has 0 amide bonds. The minimum absolute atomic E-state index is 0.0701. The standard InChI is InChI=1S/C15H18N2O2/c1-15(2)11(10-16)5-6-17(15)12-3-4-13-14(9-12)19-8-7-18-13/h3-4,9,11H,5-8H2,1-2H3. The van der Waals surface area contributed by atoms with E-state index in [0.717, 1.165) is 30.2 Å². The molecule has 1 unspecified atom stereocenters. The Labute approximate surface area is 113 Å². The molecule has 0 bridgehead atoms. The highest BCUT2D eigenvalue weighted by atomic mass is 16.6. The molecule has 1 saturated heterocycles. The van der Waals surface area contributed by atoms with E-state index < -0.39 is 0 Å². The van der Waals surface area contributed by atoms with Crippen molar-refractivity contribution in [2.75, 3.05) is 24.7 Å². The highest BCUT2D eigenvalue weighted by Crippen LogP contribution is 2.41. The molecule has 1 aromatic carbocycles. The molecule has 0 saturated carbocycles. The molecule has 100 valence electrons. The Morgan fingerprint density at radius 2 is 2.00 bits per heavy atom. The molecule has 0 N–H and O–H groups in total. The van der Waals surface area contributed by atoms with Gasteiger partial charge in [0, 0.05) is 18.3 Å². The van der Waals surface area contributed by atoms with Crippen LogP contribution in [0.1, 0.15) is 20.3 Å². The fraction of sp³-hybridized carbons (Fsp3) is 0.533. The molecule has 0 radical (unpaired) electrons. The van der Waals surface area contributed by atoms with Gasteiger partial charge in [0.15, 0.2) is 11.5 Å². The van der Waals surface area contributed by atoms with Gasteiger partial charge in [-0.3, -0.25) is 0 Å². The second-order valence-corrected chi connectivity index (χ2v) is 5.60. The van der Waals surface area contributed by atoms with Gasteiger partial charge >= 0.3 is 0 Å². The van der Waals surface area contributed by atoms with Crippen molar-refractivity contribution in [1.82, 2.24) is 0 Å². The van der Waals surface area contributed by atoms with E-state index in [1.807, 2.05) is 12.1 Å². The summed E-state index contributed by atoms with van der Waals surface area (Å²) in [7, 11) is 0. The number of rotatable bonds is 1. The number of fused-ring (bicyclic) bond motifs is 1. The topological polar surface area (TPSA) is 45.5 Å². The van der Waals surface area contributed by atoms with Crippen molar-refractivity contribution in [3.63, 3.8) is 0 Å². The van der Waals surface area contributed by atoms with Crippen LogP contribution in [0.2, 0.25) is 0 Å². The Morgan fingerprint density at radius 3 is 2.68 bits per heavy atom. The molecule has 1 atom stereocenters. The van der Waals surface area contributed by atoms with E-state index in [0.29, 0.717) is 13.2 Å². The van der Waals surface area contributed by atoms with Gasteiger partial charge in [-0.15, -0.1) is 0 Å². The van der Waals surface area contributed by atoms with Crippen molar-refractivity contribution in [2.45, 2.75) is 25.8 Å². The third-order valence-electron chi connectivity index (χ3n) is 4.18. The molecule has 2 aliphatic heterocycles. The molecule has 3 rings (SSSR count). The zero-order valence-corrected chi connectivity index (χ0v) is 11.3. The Hall–Kier alpha value is -1.89. The maximum atomic E-state index is 9.24. The first-order chi connectivity index (χ1) is 9.13. The number of benzene rings is 1. The molecule has 2 aliphatic rings. The van der Waals surface area contributed by atoms with E-state index in [1.54, 1.807) is 0 Å². The second kappa shape index (κ2) is 4.34. The van der Waals surface area contributed by atoms with Crippen LogP contribution >= 0.6 is 0 Å². The van der Waals surface area contributed by atoms with E-state index in [-0.39, 0.29) is 11.5 Å². The summed E-state index contributed by atoms with van der Waals surface area (Å²) >= 11 is 0. The molecule has 4 nitrogen and oxygen atoms in total. The minimum atomic E-state index is -0.140. The monoisotopic (exact) mass is 258 g/mol. The van der Waals surface area contributed by atoms with Crippen LogP contribution in [-0.2, 0) is 0 Å². The van der Waals surface area contributed by atoms with Crippen molar-refractivity contribution >= 4 is 5.69 Å². The van der Waals surface area contributed by atoms with Crippen molar-refractivity contribution in [1.29, 1.82) is 5.26 Å². The van der Waals surface area contributed by atoms with Crippen LogP contribution in [0.5, 0.6) is 11.5 Å². The van der Waals surface area contributed by atoms with Gasteiger partial charge in [-0.2, -0.15) is 5.26 Å². The summed E-state index contributed by atoms with van der Waals surface area (Å²) in [6, 6.07) is 8.45. The average Bonchev–Trinajstić information content (AvgIpc) is 2.72. The average molecular weight is 258 g/mol. The Kier molecular flexibility index (Phi) is 2.78. The van der Waals surface area contributed by atoms with Crippen LogP contribution in [0.3, 0.4) is 0 Å². The lowest BCUT2D eigenvalue weighted by Crippen LogP contribution is -2.42. The third kappa shape index (κ3) is 1.90. The molecule has 0 spiro atoms. The molecule has 2 heterocycles. The van der Waals surface area contributed by atoms with Crippen LogP contribution in [0.4, 0.5) is 5.69 Å². The quantitative estimate of drug-likeness (QED) is 0.776. The normalized spacial score (nSPS) is 24.1. The summed E-state index contributed by atoms with van der Waals surface area (Å²) in [6.07, 6.45) is 0.915. The van der Waals surface area contributed by atoms with E-state index in [4.69, 9.17) is 9.47 Å². The van der Waals surface area contributed by atoms with Gasteiger partial charge in [-0.25, -0.2) is 0 Å².